The second-order valence-electron chi connectivity index (χ2n) is 6.72. The zero-order chi connectivity index (χ0) is 18.4. The van der Waals surface area contributed by atoms with Gasteiger partial charge < -0.3 is 9.64 Å². The van der Waals surface area contributed by atoms with Crippen molar-refractivity contribution in [3.8, 4) is 0 Å². The van der Waals surface area contributed by atoms with Crippen molar-refractivity contribution in [1.29, 1.82) is 0 Å². The third kappa shape index (κ3) is 5.45. The van der Waals surface area contributed by atoms with E-state index >= 15 is 0 Å². The lowest BCUT2D eigenvalue weighted by atomic mass is 10.1. The molecule has 1 saturated heterocycles. The minimum Gasteiger partial charge on any atom is -0.376 e. The molecule has 0 aromatic heterocycles. The minimum absolute atomic E-state index is 0.00368. The largest absolute Gasteiger partial charge is 0.376 e. The van der Waals surface area contributed by atoms with Gasteiger partial charge in [-0.1, -0.05) is 53.6 Å². The number of hydrogen-bond acceptors (Lipinski definition) is 2. The van der Waals surface area contributed by atoms with Crippen LogP contribution < -0.4 is 0 Å². The highest BCUT2D eigenvalue weighted by atomic mass is 35.5. The topological polar surface area (TPSA) is 29.5 Å². The highest BCUT2D eigenvalue weighted by molar-refractivity contribution is 6.30. The van der Waals surface area contributed by atoms with E-state index in [4.69, 9.17) is 16.3 Å². The number of halogens is 1. The summed E-state index contributed by atoms with van der Waals surface area (Å²) in [4.78, 5) is 14.7. The van der Waals surface area contributed by atoms with E-state index in [0.29, 0.717) is 18.1 Å². The van der Waals surface area contributed by atoms with Gasteiger partial charge in [0.1, 0.15) is 0 Å². The molecular formula is C22H24ClNO2. The van der Waals surface area contributed by atoms with Crippen LogP contribution in [0.4, 0.5) is 0 Å². The monoisotopic (exact) mass is 369 g/mol. The van der Waals surface area contributed by atoms with Crippen molar-refractivity contribution < 1.29 is 9.53 Å². The van der Waals surface area contributed by atoms with Crippen LogP contribution in [0.3, 0.4) is 0 Å². The summed E-state index contributed by atoms with van der Waals surface area (Å²) in [5, 5.41) is 0.699. The summed E-state index contributed by atoms with van der Waals surface area (Å²) >= 11 is 5.97. The SMILES string of the molecule is Cc1ccc(/C=C\C(=O)N(Cc2ccc(Cl)cc2)C[C@@H]2CCCO2)cc1. The molecule has 4 heteroatoms. The first-order valence-electron chi connectivity index (χ1n) is 9.00. The zero-order valence-corrected chi connectivity index (χ0v) is 15.8. The Morgan fingerprint density at radius 2 is 1.92 bits per heavy atom. The van der Waals surface area contributed by atoms with E-state index in [2.05, 4.69) is 0 Å². The summed E-state index contributed by atoms with van der Waals surface area (Å²) in [5.74, 6) is -0.00368. The normalized spacial score (nSPS) is 16.9. The molecule has 1 amide bonds. The van der Waals surface area contributed by atoms with Crippen LogP contribution in [-0.2, 0) is 16.1 Å². The highest BCUT2D eigenvalue weighted by Gasteiger charge is 2.21. The Morgan fingerprint density at radius 3 is 2.58 bits per heavy atom. The van der Waals surface area contributed by atoms with E-state index in [9.17, 15) is 4.79 Å². The molecule has 3 nitrogen and oxygen atoms in total. The Bertz CT molecular complexity index is 747. The fraction of sp³-hybridized carbons (Fsp3) is 0.318. The number of benzene rings is 2. The molecule has 0 unspecified atom stereocenters. The molecule has 26 heavy (non-hydrogen) atoms. The molecular weight excluding hydrogens is 346 g/mol. The van der Waals surface area contributed by atoms with Crippen molar-refractivity contribution in [2.24, 2.45) is 0 Å². The van der Waals surface area contributed by atoms with E-state index < -0.39 is 0 Å². The smallest absolute Gasteiger partial charge is 0.246 e. The van der Waals surface area contributed by atoms with Gasteiger partial charge in [-0.05, 0) is 49.1 Å². The number of hydrogen-bond donors (Lipinski definition) is 0. The van der Waals surface area contributed by atoms with Gasteiger partial charge in [-0.2, -0.15) is 0 Å². The van der Waals surface area contributed by atoms with E-state index in [-0.39, 0.29) is 12.0 Å². The number of aryl methyl sites for hydroxylation is 1. The maximum absolute atomic E-state index is 12.8. The van der Waals surface area contributed by atoms with Gasteiger partial charge >= 0.3 is 0 Å². The lowest BCUT2D eigenvalue weighted by Gasteiger charge is -2.24. The predicted molar refractivity (Wildman–Crippen MR) is 106 cm³/mol. The fourth-order valence-electron chi connectivity index (χ4n) is 3.03. The zero-order valence-electron chi connectivity index (χ0n) is 15.0. The first-order chi connectivity index (χ1) is 12.6. The van der Waals surface area contributed by atoms with Crippen LogP contribution in [0.1, 0.15) is 29.5 Å². The van der Waals surface area contributed by atoms with Gasteiger partial charge in [0.25, 0.3) is 0 Å². The standard InChI is InChI=1S/C22H24ClNO2/c1-17-4-6-18(7-5-17)10-13-22(25)24(16-21-3-2-14-26-21)15-19-8-11-20(23)12-9-19/h4-13,21H,2-3,14-16H2,1H3/b13-10-/t21-/m0/s1. The van der Waals surface area contributed by atoms with Crippen LogP contribution in [0.2, 0.25) is 5.02 Å². The summed E-state index contributed by atoms with van der Waals surface area (Å²) in [6.07, 6.45) is 5.71. The molecule has 0 aliphatic carbocycles. The lowest BCUT2D eigenvalue weighted by Crippen LogP contribution is -2.35. The molecule has 0 bridgehead atoms. The number of carbonyl (C=O) groups is 1. The molecule has 1 aliphatic heterocycles. The molecule has 136 valence electrons. The second-order valence-corrected chi connectivity index (χ2v) is 7.16. The van der Waals surface area contributed by atoms with Crippen LogP contribution in [0.5, 0.6) is 0 Å². The third-order valence-electron chi connectivity index (χ3n) is 4.54. The molecule has 2 aromatic carbocycles. The van der Waals surface area contributed by atoms with Crippen molar-refractivity contribution in [3.63, 3.8) is 0 Å². The Morgan fingerprint density at radius 1 is 1.19 bits per heavy atom. The van der Waals surface area contributed by atoms with Gasteiger partial charge in [0.2, 0.25) is 5.91 Å². The molecule has 0 N–H and O–H groups in total. The Labute approximate surface area is 160 Å². The fourth-order valence-corrected chi connectivity index (χ4v) is 3.15. The minimum atomic E-state index is -0.00368. The van der Waals surface area contributed by atoms with E-state index in [0.717, 1.165) is 30.6 Å². The highest BCUT2D eigenvalue weighted by Crippen LogP contribution is 2.17. The van der Waals surface area contributed by atoms with E-state index in [1.54, 1.807) is 6.08 Å². The van der Waals surface area contributed by atoms with Crippen LogP contribution in [0, 0.1) is 6.92 Å². The number of ether oxygens (including phenoxy) is 1. The van der Waals surface area contributed by atoms with Crippen LogP contribution >= 0.6 is 11.6 Å². The van der Waals surface area contributed by atoms with Gasteiger partial charge in [0.05, 0.1) is 6.10 Å². The molecule has 1 aliphatic rings. The van der Waals surface area contributed by atoms with Crippen molar-refractivity contribution >= 4 is 23.6 Å². The van der Waals surface area contributed by atoms with Gasteiger partial charge in [0.15, 0.2) is 0 Å². The van der Waals surface area contributed by atoms with Crippen LogP contribution in [0.15, 0.2) is 54.6 Å². The Balaban J connectivity index is 1.71. The number of carbonyl (C=O) groups excluding carboxylic acids is 1. The number of amides is 1. The van der Waals surface area contributed by atoms with Crippen LogP contribution in [0.25, 0.3) is 6.08 Å². The van der Waals surface area contributed by atoms with Gasteiger partial charge in [-0.15, -0.1) is 0 Å². The van der Waals surface area contributed by atoms with Gasteiger partial charge in [-0.25, -0.2) is 0 Å². The molecule has 0 spiro atoms. The van der Waals surface area contributed by atoms with Crippen LogP contribution in [-0.4, -0.2) is 30.1 Å². The molecule has 1 fully saturated rings. The van der Waals surface area contributed by atoms with Crippen molar-refractivity contribution in [1.82, 2.24) is 4.90 Å². The molecule has 2 aromatic rings. The summed E-state index contributed by atoms with van der Waals surface area (Å²) in [6.45, 7) is 3.99. The first-order valence-corrected chi connectivity index (χ1v) is 9.37. The third-order valence-corrected chi connectivity index (χ3v) is 4.79. The molecule has 0 radical (unpaired) electrons. The Hall–Kier alpha value is -2.10. The molecule has 0 saturated carbocycles. The predicted octanol–water partition coefficient (Wildman–Crippen LogP) is 4.87. The number of rotatable bonds is 6. The lowest BCUT2D eigenvalue weighted by molar-refractivity contribution is -0.128. The molecule has 1 atom stereocenters. The average molecular weight is 370 g/mol. The molecule has 3 rings (SSSR count). The van der Waals surface area contributed by atoms with Crippen molar-refractivity contribution in [2.45, 2.75) is 32.4 Å². The van der Waals surface area contributed by atoms with Gasteiger partial charge in [-0.3, -0.25) is 4.79 Å². The first kappa shape index (κ1) is 18.7. The van der Waals surface area contributed by atoms with E-state index in [1.807, 2.05) is 66.4 Å². The summed E-state index contributed by atoms with van der Waals surface area (Å²) < 4.78 is 5.73. The number of nitrogens with zero attached hydrogens (tertiary/aromatic N) is 1. The Kier molecular flexibility index (Phi) is 6.48. The average Bonchev–Trinajstić information content (AvgIpc) is 3.15. The summed E-state index contributed by atoms with van der Waals surface area (Å²) in [7, 11) is 0. The summed E-state index contributed by atoms with van der Waals surface area (Å²) in [5.41, 5.74) is 3.29. The summed E-state index contributed by atoms with van der Waals surface area (Å²) in [6, 6.07) is 15.8. The van der Waals surface area contributed by atoms with Crippen molar-refractivity contribution in [3.05, 3.63) is 76.3 Å². The van der Waals surface area contributed by atoms with Crippen molar-refractivity contribution in [2.75, 3.05) is 13.2 Å². The molecule has 1 heterocycles. The quantitative estimate of drug-likeness (QED) is 0.680. The van der Waals surface area contributed by atoms with E-state index in [1.165, 1.54) is 5.56 Å². The van der Waals surface area contributed by atoms with Gasteiger partial charge in [0, 0.05) is 30.8 Å². The second kappa shape index (κ2) is 9.02. The maximum Gasteiger partial charge on any atom is 0.246 e. The maximum atomic E-state index is 12.8.